The van der Waals surface area contributed by atoms with E-state index < -0.39 is 0 Å². The third-order valence-corrected chi connectivity index (χ3v) is 3.57. The van der Waals surface area contributed by atoms with Crippen molar-refractivity contribution in [1.82, 2.24) is 4.98 Å². The number of benzene rings is 1. The number of aryl methyl sites for hydroxylation is 1. The summed E-state index contributed by atoms with van der Waals surface area (Å²) >= 11 is 6.70. The Balaban J connectivity index is 2.28. The molecule has 18 heavy (non-hydrogen) atoms. The zero-order valence-electron chi connectivity index (χ0n) is 9.58. The molecular weight excluding hydrogens is 360 g/mol. The van der Waals surface area contributed by atoms with Gasteiger partial charge in [-0.1, -0.05) is 22.0 Å². The third-order valence-electron chi connectivity index (χ3n) is 2.43. The van der Waals surface area contributed by atoms with Gasteiger partial charge < -0.3 is 5.32 Å². The van der Waals surface area contributed by atoms with Crippen LogP contribution in [0.3, 0.4) is 0 Å². The molecule has 3 nitrogen and oxygen atoms in total. The summed E-state index contributed by atoms with van der Waals surface area (Å²) in [6.45, 7) is 1.90. The number of amides is 1. The van der Waals surface area contributed by atoms with E-state index >= 15 is 0 Å². The number of nitrogens with one attached hydrogen (secondary N) is 1. The Kier molecular flexibility index (Phi) is 4.14. The van der Waals surface area contributed by atoms with Gasteiger partial charge in [-0.15, -0.1) is 0 Å². The highest BCUT2D eigenvalue weighted by atomic mass is 79.9. The molecule has 1 aromatic carbocycles. The van der Waals surface area contributed by atoms with E-state index in [1.807, 2.05) is 25.1 Å². The lowest BCUT2D eigenvalue weighted by atomic mass is 10.1. The fourth-order valence-electron chi connectivity index (χ4n) is 1.49. The molecule has 0 unspecified atom stereocenters. The van der Waals surface area contributed by atoms with Gasteiger partial charge in [-0.25, -0.2) is 4.98 Å². The zero-order valence-corrected chi connectivity index (χ0v) is 12.7. The minimum Gasteiger partial charge on any atom is -0.306 e. The highest BCUT2D eigenvalue weighted by molar-refractivity contribution is 9.10. The Morgan fingerprint density at radius 2 is 2.06 bits per heavy atom. The van der Waals surface area contributed by atoms with E-state index in [4.69, 9.17) is 0 Å². The first-order valence-electron chi connectivity index (χ1n) is 5.26. The van der Waals surface area contributed by atoms with Gasteiger partial charge in [0.2, 0.25) is 0 Å². The molecule has 1 amide bonds. The van der Waals surface area contributed by atoms with E-state index in [1.165, 1.54) is 0 Å². The normalized spacial score (nSPS) is 10.2. The van der Waals surface area contributed by atoms with E-state index in [-0.39, 0.29) is 5.91 Å². The number of rotatable bonds is 2. The first-order valence-corrected chi connectivity index (χ1v) is 6.84. The average Bonchev–Trinajstić information content (AvgIpc) is 2.35. The molecule has 5 heteroatoms. The van der Waals surface area contributed by atoms with Crippen molar-refractivity contribution in [2.45, 2.75) is 6.92 Å². The Hall–Kier alpha value is -1.20. The topological polar surface area (TPSA) is 42.0 Å². The van der Waals surface area contributed by atoms with Crippen molar-refractivity contribution in [1.29, 1.82) is 0 Å². The van der Waals surface area contributed by atoms with Crippen LogP contribution in [0.15, 0.2) is 45.5 Å². The number of aromatic nitrogens is 1. The first-order chi connectivity index (χ1) is 8.58. The minimum absolute atomic E-state index is 0.173. The summed E-state index contributed by atoms with van der Waals surface area (Å²) in [7, 11) is 0. The molecule has 0 fully saturated rings. The van der Waals surface area contributed by atoms with Gasteiger partial charge in [0.25, 0.3) is 5.91 Å². The molecule has 0 aliphatic carbocycles. The molecular formula is C13H10Br2N2O. The van der Waals surface area contributed by atoms with Crippen LogP contribution in [0.5, 0.6) is 0 Å². The lowest BCUT2D eigenvalue weighted by Crippen LogP contribution is -2.14. The monoisotopic (exact) mass is 368 g/mol. The molecule has 1 heterocycles. The van der Waals surface area contributed by atoms with Crippen molar-refractivity contribution < 1.29 is 4.79 Å². The SMILES string of the molecule is Cc1ccc(Br)cc1C(=O)Nc1ncccc1Br. The van der Waals surface area contributed by atoms with Crippen LogP contribution in [0.4, 0.5) is 5.82 Å². The van der Waals surface area contributed by atoms with Crippen LogP contribution in [-0.2, 0) is 0 Å². The number of pyridine rings is 1. The number of anilines is 1. The number of carbonyl (C=O) groups is 1. The number of carbonyl (C=O) groups excluding carboxylic acids is 1. The van der Waals surface area contributed by atoms with Gasteiger partial charge in [0.1, 0.15) is 5.82 Å². The summed E-state index contributed by atoms with van der Waals surface area (Å²) in [5.41, 5.74) is 1.55. The second kappa shape index (κ2) is 5.63. The summed E-state index contributed by atoms with van der Waals surface area (Å²) in [5, 5.41) is 2.78. The predicted octanol–water partition coefficient (Wildman–Crippen LogP) is 4.17. The van der Waals surface area contributed by atoms with E-state index in [9.17, 15) is 4.79 Å². The predicted molar refractivity (Wildman–Crippen MR) is 78.8 cm³/mol. The highest BCUT2D eigenvalue weighted by Crippen LogP contribution is 2.21. The van der Waals surface area contributed by atoms with Gasteiger partial charge in [-0.05, 0) is 52.7 Å². The van der Waals surface area contributed by atoms with Gasteiger partial charge in [0, 0.05) is 16.2 Å². The maximum absolute atomic E-state index is 12.1. The zero-order chi connectivity index (χ0) is 13.1. The van der Waals surface area contributed by atoms with Gasteiger partial charge in [0.05, 0.1) is 4.47 Å². The van der Waals surface area contributed by atoms with Crippen LogP contribution in [0.2, 0.25) is 0 Å². The van der Waals surface area contributed by atoms with E-state index in [0.717, 1.165) is 14.5 Å². The molecule has 1 aromatic heterocycles. The summed E-state index contributed by atoms with van der Waals surface area (Å²) in [6.07, 6.45) is 1.63. The summed E-state index contributed by atoms with van der Waals surface area (Å²) in [4.78, 5) is 16.3. The van der Waals surface area contributed by atoms with Crippen molar-refractivity contribution in [2.24, 2.45) is 0 Å². The Labute approximate surface area is 122 Å². The van der Waals surface area contributed by atoms with Crippen LogP contribution >= 0.6 is 31.9 Å². The second-order valence-electron chi connectivity index (χ2n) is 3.75. The molecule has 0 saturated heterocycles. The summed E-state index contributed by atoms with van der Waals surface area (Å²) in [5.74, 6) is 0.343. The van der Waals surface area contributed by atoms with Crippen molar-refractivity contribution in [3.8, 4) is 0 Å². The van der Waals surface area contributed by atoms with Crippen LogP contribution in [0.25, 0.3) is 0 Å². The molecule has 2 rings (SSSR count). The molecule has 0 spiro atoms. The van der Waals surface area contributed by atoms with Crippen molar-refractivity contribution in [2.75, 3.05) is 5.32 Å². The van der Waals surface area contributed by atoms with Crippen molar-refractivity contribution >= 4 is 43.6 Å². The molecule has 0 radical (unpaired) electrons. The minimum atomic E-state index is -0.173. The number of halogens is 2. The molecule has 2 aromatic rings. The van der Waals surface area contributed by atoms with Crippen LogP contribution < -0.4 is 5.32 Å². The largest absolute Gasteiger partial charge is 0.306 e. The molecule has 0 saturated carbocycles. The Morgan fingerprint density at radius 3 is 2.78 bits per heavy atom. The van der Waals surface area contributed by atoms with E-state index in [0.29, 0.717) is 11.4 Å². The van der Waals surface area contributed by atoms with Crippen LogP contribution in [-0.4, -0.2) is 10.9 Å². The number of hydrogen-bond donors (Lipinski definition) is 1. The third kappa shape index (κ3) is 2.97. The van der Waals surface area contributed by atoms with Gasteiger partial charge in [0.15, 0.2) is 0 Å². The van der Waals surface area contributed by atoms with Crippen molar-refractivity contribution in [3.63, 3.8) is 0 Å². The van der Waals surface area contributed by atoms with Crippen LogP contribution in [0, 0.1) is 6.92 Å². The van der Waals surface area contributed by atoms with Gasteiger partial charge >= 0.3 is 0 Å². The lowest BCUT2D eigenvalue weighted by molar-refractivity contribution is 0.102. The Morgan fingerprint density at radius 1 is 1.28 bits per heavy atom. The Bertz CT molecular complexity index is 599. The van der Waals surface area contributed by atoms with Gasteiger partial charge in [-0.2, -0.15) is 0 Å². The molecule has 0 aliphatic rings. The van der Waals surface area contributed by atoms with E-state index in [2.05, 4.69) is 42.2 Å². The first kappa shape index (κ1) is 13.2. The van der Waals surface area contributed by atoms with Crippen LogP contribution in [0.1, 0.15) is 15.9 Å². The maximum atomic E-state index is 12.1. The maximum Gasteiger partial charge on any atom is 0.257 e. The molecule has 1 N–H and O–H groups in total. The standard InChI is InChI=1S/C13H10Br2N2O/c1-8-4-5-9(14)7-10(8)13(18)17-12-11(15)3-2-6-16-12/h2-7H,1H3,(H,16,17,18). The molecule has 0 atom stereocenters. The highest BCUT2D eigenvalue weighted by Gasteiger charge is 2.11. The second-order valence-corrected chi connectivity index (χ2v) is 5.52. The number of nitrogens with zero attached hydrogens (tertiary/aromatic N) is 1. The quantitative estimate of drug-likeness (QED) is 0.863. The molecule has 92 valence electrons. The molecule has 0 aliphatic heterocycles. The lowest BCUT2D eigenvalue weighted by Gasteiger charge is -2.08. The van der Waals surface area contributed by atoms with Crippen molar-refractivity contribution in [3.05, 3.63) is 56.6 Å². The summed E-state index contributed by atoms with van der Waals surface area (Å²) < 4.78 is 1.63. The average molecular weight is 370 g/mol. The fourth-order valence-corrected chi connectivity index (χ4v) is 2.21. The summed E-state index contributed by atoms with van der Waals surface area (Å²) in [6, 6.07) is 9.22. The van der Waals surface area contributed by atoms with Gasteiger partial charge in [-0.3, -0.25) is 4.79 Å². The fraction of sp³-hybridized carbons (Fsp3) is 0.0769. The molecule has 0 bridgehead atoms. The van der Waals surface area contributed by atoms with E-state index in [1.54, 1.807) is 18.3 Å². The smallest absolute Gasteiger partial charge is 0.257 e. The number of hydrogen-bond acceptors (Lipinski definition) is 2.